The van der Waals surface area contributed by atoms with Crippen molar-refractivity contribution >= 4 is 0 Å². The average molecular weight is 281 g/mol. The van der Waals surface area contributed by atoms with Crippen molar-refractivity contribution in [2.75, 3.05) is 7.05 Å². The van der Waals surface area contributed by atoms with Gasteiger partial charge in [0.05, 0.1) is 5.60 Å². The van der Waals surface area contributed by atoms with Gasteiger partial charge in [0.1, 0.15) is 0 Å². The van der Waals surface area contributed by atoms with E-state index in [0.29, 0.717) is 24.1 Å². The van der Waals surface area contributed by atoms with Gasteiger partial charge in [-0.3, -0.25) is 0 Å². The highest BCUT2D eigenvalue weighted by Crippen LogP contribution is 2.39. The molecule has 1 aromatic carbocycles. The van der Waals surface area contributed by atoms with Crippen LogP contribution in [-0.2, 0) is 6.42 Å². The summed E-state index contributed by atoms with van der Waals surface area (Å²) in [6.45, 7) is 0. The summed E-state index contributed by atoms with van der Waals surface area (Å²) in [5.74, 6) is -1.67. The molecule has 3 rings (SSSR count). The zero-order valence-corrected chi connectivity index (χ0v) is 11.8. The maximum atomic E-state index is 13.3. The van der Waals surface area contributed by atoms with E-state index < -0.39 is 17.2 Å². The summed E-state index contributed by atoms with van der Waals surface area (Å²) >= 11 is 0. The maximum Gasteiger partial charge on any atom is 0.159 e. The first-order valence-corrected chi connectivity index (χ1v) is 7.35. The molecule has 0 radical (unpaired) electrons. The molecule has 4 heteroatoms. The third-order valence-corrected chi connectivity index (χ3v) is 4.97. The predicted molar refractivity (Wildman–Crippen MR) is 73.4 cm³/mol. The van der Waals surface area contributed by atoms with Gasteiger partial charge in [-0.25, -0.2) is 8.78 Å². The monoisotopic (exact) mass is 281 g/mol. The second kappa shape index (κ2) is 5.08. The van der Waals surface area contributed by atoms with Crippen LogP contribution in [0.4, 0.5) is 8.78 Å². The van der Waals surface area contributed by atoms with Crippen LogP contribution in [0.1, 0.15) is 37.7 Å². The van der Waals surface area contributed by atoms with E-state index in [4.69, 9.17) is 0 Å². The van der Waals surface area contributed by atoms with E-state index >= 15 is 0 Å². The van der Waals surface area contributed by atoms with Crippen LogP contribution in [0.2, 0.25) is 0 Å². The predicted octanol–water partition coefficient (Wildman–Crippen LogP) is 2.89. The number of halogens is 2. The van der Waals surface area contributed by atoms with Gasteiger partial charge in [0.2, 0.25) is 0 Å². The molecular weight excluding hydrogens is 260 g/mol. The van der Waals surface area contributed by atoms with Crippen molar-refractivity contribution in [2.24, 2.45) is 0 Å². The van der Waals surface area contributed by atoms with Crippen LogP contribution in [0.3, 0.4) is 0 Å². The third-order valence-electron chi connectivity index (χ3n) is 4.97. The van der Waals surface area contributed by atoms with E-state index in [1.807, 2.05) is 0 Å². The van der Waals surface area contributed by atoms with Crippen molar-refractivity contribution < 1.29 is 13.9 Å². The van der Waals surface area contributed by atoms with E-state index in [1.165, 1.54) is 12.5 Å². The van der Waals surface area contributed by atoms with Crippen LogP contribution in [0, 0.1) is 11.6 Å². The Morgan fingerprint density at radius 1 is 1.20 bits per heavy atom. The van der Waals surface area contributed by atoms with Gasteiger partial charge in [-0.05, 0) is 50.4 Å². The molecule has 110 valence electrons. The Labute approximate surface area is 118 Å². The van der Waals surface area contributed by atoms with Crippen LogP contribution in [0.5, 0.6) is 0 Å². The molecule has 1 aromatic rings. The van der Waals surface area contributed by atoms with Gasteiger partial charge in [-0.15, -0.1) is 0 Å². The number of hydrogen-bond donors (Lipinski definition) is 1. The molecule has 0 spiro atoms. The highest BCUT2D eigenvalue weighted by atomic mass is 19.2. The van der Waals surface area contributed by atoms with Crippen molar-refractivity contribution in [3.8, 4) is 0 Å². The van der Waals surface area contributed by atoms with Crippen LogP contribution < -0.4 is 0 Å². The number of fused-ring (bicyclic) bond motifs is 2. The quantitative estimate of drug-likeness (QED) is 0.901. The standard InChI is InChI=1S/C16H21F2NO/c1-19-12-3-2-4-13(19)10-16(20,9-12)8-11-5-6-14(17)15(18)7-11/h5-7,12-13,20H,2-4,8-10H2,1H3. The maximum absolute atomic E-state index is 13.3. The van der Waals surface area contributed by atoms with Gasteiger partial charge in [0, 0.05) is 18.5 Å². The highest BCUT2D eigenvalue weighted by molar-refractivity contribution is 5.20. The topological polar surface area (TPSA) is 23.5 Å². The lowest BCUT2D eigenvalue weighted by Crippen LogP contribution is -2.57. The summed E-state index contributed by atoms with van der Waals surface area (Å²) in [6.07, 6.45) is 5.31. The lowest BCUT2D eigenvalue weighted by Gasteiger charge is -2.50. The fourth-order valence-corrected chi connectivity index (χ4v) is 3.92. The van der Waals surface area contributed by atoms with Crippen LogP contribution in [-0.4, -0.2) is 34.7 Å². The van der Waals surface area contributed by atoms with Gasteiger partial charge in [-0.1, -0.05) is 12.5 Å². The van der Waals surface area contributed by atoms with E-state index in [2.05, 4.69) is 11.9 Å². The lowest BCUT2D eigenvalue weighted by molar-refractivity contribution is -0.0820. The summed E-state index contributed by atoms with van der Waals surface area (Å²) < 4.78 is 26.3. The van der Waals surface area contributed by atoms with Crippen molar-refractivity contribution in [1.29, 1.82) is 0 Å². The van der Waals surface area contributed by atoms with Crippen molar-refractivity contribution in [1.82, 2.24) is 4.90 Å². The minimum atomic E-state index is -0.834. The van der Waals surface area contributed by atoms with Gasteiger partial charge in [0.15, 0.2) is 11.6 Å². The molecule has 2 fully saturated rings. The molecule has 0 aromatic heterocycles. The number of rotatable bonds is 2. The van der Waals surface area contributed by atoms with Crippen LogP contribution in [0.15, 0.2) is 18.2 Å². The molecule has 0 saturated carbocycles. The van der Waals surface area contributed by atoms with Gasteiger partial charge >= 0.3 is 0 Å². The van der Waals surface area contributed by atoms with E-state index in [1.54, 1.807) is 6.07 Å². The Morgan fingerprint density at radius 2 is 1.85 bits per heavy atom. The summed E-state index contributed by atoms with van der Waals surface area (Å²) in [5.41, 5.74) is -0.110. The Balaban J connectivity index is 1.77. The molecule has 2 aliphatic heterocycles. The second-order valence-electron chi connectivity index (χ2n) is 6.46. The van der Waals surface area contributed by atoms with Crippen molar-refractivity contribution in [3.63, 3.8) is 0 Å². The van der Waals surface area contributed by atoms with Crippen molar-refractivity contribution in [3.05, 3.63) is 35.4 Å². The first-order valence-electron chi connectivity index (χ1n) is 7.35. The molecule has 0 aliphatic carbocycles. The Bertz CT molecular complexity index is 491. The normalized spacial score (nSPS) is 34.2. The zero-order chi connectivity index (χ0) is 14.3. The molecule has 2 atom stereocenters. The number of hydrogen-bond acceptors (Lipinski definition) is 2. The van der Waals surface area contributed by atoms with E-state index in [0.717, 1.165) is 31.7 Å². The molecule has 0 amide bonds. The lowest BCUT2D eigenvalue weighted by atomic mass is 9.73. The first-order chi connectivity index (χ1) is 9.47. The summed E-state index contributed by atoms with van der Waals surface area (Å²) in [7, 11) is 2.13. The smallest absolute Gasteiger partial charge is 0.159 e. The zero-order valence-electron chi connectivity index (χ0n) is 11.8. The second-order valence-corrected chi connectivity index (χ2v) is 6.46. The van der Waals surface area contributed by atoms with Crippen LogP contribution >= 0.6 is 0 Å². The molecule has 2 aliphatic rings. The molecule has 2 bridgehead atoms. The number of nitrogens with zero attached hydrogens (tertiary/aromatic N) is 1. The fraction of sp³-hybridized carbons (Fsp3) is 0.625. The Hall–Kier alpha value is -1.00. The van der Waals surface area contributed by atoms with Gasteiger partial charge < -0.3 is 10.0 Å². The minimum Gasteiger partial charge on any atom is -0.389 e. The Morgan fingerprint density at radius 3 is 2.45 bits per heavy atom. The van der Waals surface area contributed by atoms with E-state index in [-0.39, 0.29) is 0 Å². The average Bonchev–Trinajstić information content (AvgIpc) is 2.36. The summed E-state index contributed by atoms with van der Waals surface area (Å²) in [4.78, 5) is 2.38. The largest absolute Gasteiger partial charge is 0.389 e. The molecule has 2 heterocycles. The first kappa shape index (κ1) is 14.0. The molecule has 20 heavy (non-hydrogen) atoms. The SMILES string of the molecule is CN1C2CCCC1CC(O)(Cc1ccc(F)c(F)c1)C2. The number of piperidine rings is 2. The molecular formula is C16H21F2NO. The number of aliphatic hydroxyl groups is 1. The fourth-order valence-electron chi connectivity index (χ4n) is 3.92. The molecule has 2 unspecified atom stereocenters. The van der Waals surface area contributed by atoms with Crippen molar-refractivity contribution in [2.45, 2.75) is 56.2 Å². The Kier molecular flexibility index (Phi) is 3.55. The third kappa shape index (κ3) is 2.59. The summed E-state index contributed by atoms with van der Waals surface area (Å²) in [6, 6.07) is 4.76. The molecule has 2 saturated heterocycles. The molecule has 2 nitrogen and oxygen atoms in total. The van der Waals surface area contributed by atoms with Crippen LogP contribution in [0.25, 0.3) is 0 Å². The number of benzene rings is 1. The van der Waals surface area contributed by atoms with Gasteiger partial charge in [0.25, 0.3) is 0 Å². The molecule has 1 N–H and O–H groups in total. The summed E-state index contributed by atoms with van der Waals surface area (Å²) in [5, 5.41) is 10.9. The van der Waals surface area contributed by atoms with Gasteiger partial charge in [-0.2, -0.15) is 0 Å². The minimum absolute atomic E-state index is 0.408. The highest BCUT2D eigenvalue weighted by Gasteiger charge is 2.43. The van der Waals surface area contributed by atoms with E-state index in [9.17, 15) is 13.9 Å².